The zero-order valence-corrected chi connectivity index (χ0v) is 11.2. The highest BCUT2D eigenvalue weighted by Gasteiger charge is 2.18. The van der Waals surface area contributed by atoms with Crippen LogP contribution in [0.5, 0.6) is 0 Å². The van der Waals surface area contributed by atoms with Crippen molar-refractivity contribution in [1.29, 1.82) is 0 Å². The van der Waals surface area contributed by atoms with Crippen LogP contribution in [0.25, 0.3) is 0 Å². The summed E-state index contributed by atoms with van der Waals surface area (Å²) in [6, 6.07) is 3.12. The minimum atomic E-state index is -0.540. The van der Waals surface area contributed by atoms with Crippen LogP contribution in [-0.2, 0) is 0 Å². The van der Waals surface area contributed by atoms with E-state index in [1.165, 1.54) is 11.3 Å². The van der Waals surface area contributed by atoms with E-state index in [1.54, 1.807) is 6.20 Å². The lowest BCUT2D eigenvalue weighted by atomic mass is 10.2. The fourth-order valence-corrected chi connectivity index (χ4v) is 2.43. The molecule has 0 spiro atoms. The van der Waals surface area contributed by atoms with Crippen molar-refractivity contribution >= 4 is 22.7 Å². The molecule has 0 aliphatic heterocycles. The van der Waals surface area contributed by atoms with Gasteiger partial charge in [-0.1, -0.05) is 0 Å². The molecular formula is C12H12FN3O2S. The van der Waals surface area contributed by atoms with E-state index < -0.39 is 10.7 Å². The number of aryl methyl sites for hydroxylation is 1. The number of nitro groups is 1. The van der Waals surface area contributed by atoms with Gasteiger partial charge in [0.25, 0.3) is 5.69 Å². The van der Waals surface area contributed by atoms with Gasteiger partial charge in [0.05, 0.1) is 11.0 Å². The Morgan fingerprint density at radius 1 is 1.53 bits per heavy atom. The first-order valence-corrected chi connectivity index (χ1v) is 6.42. The predicted molar refractivity (Wildman–Crippen MR) is 71.9 cm³/mol. The number of hydrogen-bond donors (Lipinski definition) is 1. The molecule has 0 amide bonds. The Labute approximate surface area is 113 Å². The van der Waals surface area contributed by atoms with Gasteiger partial charge < -0.3 is 5.32 Å². The number of rotatable bonds is 4. The standard InChI is InChI=1S/C12H12FN3O2S/c1-7-6-14-12(19-7)8(2)15-10-5-9(13)3-4-11(10)16(17)18/h3-6,8,15H,1-2H3. The summed E-state index contributed by atoms with van der Waals surface area (Å²) in [4.78, 5) is 15.6. The van der Waals surface area contributed by atoms with Crippen LogP contribution in [0.3, 0.4) is 0 Å². The SMILES string of the molecule is Cc1cnc(C(C)Nc2cc(F)ccc2[N+](=O)[O-])s1. The minimum Gasteiger partial charge on any atom is -0.370 e. The molecule has 1 atom stereocenters. The Bertz CT molecular complexity index is 615. The predicted octanol–water partition coefficient (Wildman–Crippen LogP) is 3.67. The first kappa shape index (κ1) is 13.4. The van der Waals surface area contributed by atoms with E-state index in [9.17, 15) is 14.5 Å². The molecule has 0 saturated heterocycles. The molecular weight excluding hydrogens is 269 g/mol. The summed E-state index contributed by atoms with van der Waals surface area (Å²) >= 11 is 1.50. The topological polar surface area (TPSA) is 68.1 Å². The van der Waals surface area contributed by atoms with Crippen LogP contribution < -0.4 is 5.32 Å². The zero-order valence-electron chi connectivity index (χ0n) is 10.4. The van der Waals surface area contributed by atoms with Gasteiger partial charge in [-0.25, -0.2) is 9.37 Å². The summed E-state index contributed by atoms with van der Waals surface area (Å²) in [5.41, 5.74) is 0.00637. The molecule has 1 aromatic heterocycles. The molecule has 0 radical (unpaired) electrons. The number of thiazole rings is 1. The van der Waals surface area contributed by atoms with Crippen molar-refractivity contribution in [3.63, 3.8) is 0 Å². The molecule has 1 heterocycles. The van der Waals surface area contributed by atoms with E-state index >= 15 is 0 Å². The van der Waals surface area contributed by atoms with E-state index in [0.29, 0.717) is 0 Å². The van der Waals surface area contributed by atoms with Crippen LogP contribution in [0.4, 0.5) is 15.8 Å². The third-order valence-corrected chi connectivity index (χ3v) is 3.63. The Morgan fingerprint density at radius 2 is 2.26 bits per heavy atom. The molecule has 7 heteroatoms. The maximum atomic E-state index is 13.2. The lowest BCUT2D eigenvalue weighted by Gasteiger charge is -2.12. The fraction of sp³-hybridized carbons (Fsp3) is 0.250. The number of anilines is 1. The van der Waals surface area contributed by atoms with Gasteiger partial charge in [-0.3, -0.25) is 10.1 Å². The summed E-state index contributed by atoms with van der Waals surface area (Å²) in [5, 5.41) is 14.6. The van der Waals surface area contributed by atoms with Gasteiger partial charge in [0, 0.05) is 23.2 Å². The average Bonchev–Trinajstić information content (AvgIpc) is 2.75. The second-order valence-corrected chi connectivity index (χ2v) is 5.36. The van der Waals surface area contributed by atoms with Crippen LogP contribution in [0.2, 0.25) is 0 Å². The molecule has 5 nitrogen and oxygen atoms in total. The normalized spacial score (nSPS) is 12.2. The molecule has 2 aromatic rings. The molecule has 19 heavy (non-hydrogen) atoms. The quantitative estimate of drug-likeness (QED) is 0.685. The lowest BCUT2D eigenvalue weighted by molar-refractivity contribution is -0.384. The molecule has 1 aromatic carbocycles. The monoisotopic (exact) mass is 281 g/mol. The summed E-state index contributed by atoms with van der Waals surface area (Å²) < 4.78 is 13.2. The van der Waals surface area contributed by atoms with Gasteiger partial charge in [-0.05, 0) is 19.9 Å². The van der Waals surface area contributed by atoms with E-state index in [4.69, 9.17) is 0 Å². The van der Waals surface area contributed by atoms with Crippen LogP contribution in [0.1, 0.15) is 22.9 Å². The van der Waals surface area contributed by atoms with Gasteiger partial charge in [-0.2, -0.15) is 0 Å². The first-order chi connectivity index (χ1) is 8.97. The fourth-order valence-electron chi connectivity index (χ4n) is 1.65. The molecule has 0 bridgehead atoms. The molecule has 0 fully saturated rings. The van der Waals surface area contributed by atoms with Gasteiger partial charge in [0.2, 0.25) is 0 Å². The van der Waals surface area contributed by atoms with Crippen LogP contribution >= 0.6 is 11.3 Å². The van der Waals surface area contributed by atoms with Gasteiger partial charge >= 0.3 is 0 Å². The van der Waals surface area contributed by atoms with Crippen molar-refractivity contribution in [2.45, 2.75) is 19.9 Å². The largest absolute Gasteiger partial charge is 0.370 e. The van der Waals surface area contributed by atoms with Crippen LogP contribution in [0.15, 0.2) is 24.4 Å². The van der Waals surface area contributed by atoms with Crippen LogP contribution in [0, 0.1) is 22.9 Å². The Balaban J connectivity index is 2.27. The number of nitrogens with zero attached hydrogens (tertiary/aromatic N) is 2. The summed E-state index contributed by atoms with van der Waals surface area (Å²) in [7, 11) is 0. The van der Waals surface area contributed by atoms with Crippen molar-refractivity contribution in [3.8, 4) is 0 Å². The molecule has 1 unspecified atom stereocenters. The number of nitrogens with one attached hydrogen (secondary N) is 1. The molecule has 0 saturated carbocycles. The highest BCUT2D eigenvalue weighted by atomic mass is 32.1. The molecule has 0 aliphatic carbocycles. The number of nitro benzene ring substituents is 1. The maximum Gasteiger partial charge on any atom is 0.292 e. The Kier molecular flexibility index (Phi) is 3.75. The summed E-state index contributed by atoms with van der Waals surface area (Å²) in [5.74, 6) is -0.518. The zero-order chi connectivity index (χ0) is 14.0. The summed E-state index contributed by atoms with van der Waals surface area (Å²) in [6.07, 6.45) is 1.73. The number of benzene rings is 1. The van der Waals surface area contributed by atoms with Crippen LogP contribution in [-0.4, -0.2) is 9.91 Å². The molecule has 1 N–H and O–H groups in total. The van der Waals surface area contributed by atoms with E-state index in [-0.39, 0.29) is 17.4 Å². The second-order valence-electron chi connectivity index (χ2n) is 4.09. The van der Waals surface area contributed by atoms with Crippen molar-refractivity contribution in [2.75, 3.05) is 5.32 Å². The highest BCUT2D eigenvalue weighted by Crippen LogP contribution is 2.30. The second kappa shape index (κ2) is 5.31. The van der Waals surface area contributed by atoms with E-state index in [2.05, 4.69) is 10.3 Å². The molecule has 0 aliphatic rings. The third-order valence-electron chi connectivity index (χ3n) is 2.54. The number of halogens is 1. The number of aromatic nitrogens is 1. The number of hydrogen-bond acceptors (Lipinski definition) is 5. The van der Waals surface area contributed by atoms with Gasteiger partial charge in [0.15, 0.2) is 0 Å². The average molecular weight is 281 g/mol. The molecule has 100 valence electrons. The van der Waals surface area contributed by atoms with Gasteiger partial charge in [-0.15, -0.1) is 11.3 Å². The first-order valence-electron chi connectivity index (χ1n) is 5.60. The van der Waals surface area contributed by atoms with Crippen molar-refractivity contribution in [2.24, 2.45) is 0 Å². The Hall–Kier alpha value is -2.02. The van der Waals surface area contributed by atoms with E-state index in [0.717, 1.165) is 28.1 Å². The Morgan fingerprint density at radius 3 is 2.84 bits per heavy atom. The van der Waals surface area contributed by atoms with Crippen molar-refractivity contribution in [3.05, 3.63) is 50.2 Å². The minimum absolute atomic E-state index is 0.151. The third kappa shape index (κ3) is 3.05. The lowest BCUT2D eigenvalue weighted by Crippen LogP contribution is -2.08. The van der Waals surface area contributed by atoms with E-state index in [1.807, 2.05) is 13.8 Å². The van der Waals surface area contributed by atoms with Crippen molar-refractivity contribution < 1.29 is 9.31 Å². The highest BCUT2D eigenvalue weighted by molar-refractivity contribution is 7.11. The smallest absolute Gasteiger partial charge is 0.292 e. The van der Waals surface area contributed by atoms with Crippen molar-refractivity contribution in [1.82, 2.24) is 4.98 Å². The molecule has 2 rings (SSSR count). The maximum absolute atomic E-state index is 13.2. The van der Waals surface area contributed by atoms with Gasteiger partial charge in [0.1, 0.15) is 16.5 Å². The summed E-state index contributed by atoms with van der Waals surface area (Å²) in [6.45, 7) is 3.76.